The van der Waals surface area contributed by atoms with Crippen LogP contribution in [0.25, 0.3) is 0 Å². The molecule has 0 bridgehead atoms. The summed E-state index contributed by atoms with van der Waals surface area (Å²) in [4.78, 5) is 27.3. The van der Waals surface area contributed by atoms with Crippen molar-refractivity contribution in [1.82, 2.24) is 0 Å². The van der Waals surface area contributed by atoms with E-state index in [2.05, 4.69) is 5.32 Å². The van der Waals surface area contributed by atoms with Gasteiger partial charge in [-0.15, -0.1) is 0 Å². The first-order valence-electron chi connectivity index (χ1n) is 10.5. The Labute approximate surface area is 211 Å². The number of halogens is 2. The monoisotopic (exact) mass is 532 g/mol. The largest absolute Gasteiger partial charge is 0.454 e. The molecule has 3 aromatic rings. The average Bonchev–Trinajstić information content (AvgIpc) is 3.28. The van der Waals surface area contributed by atoms with Crippen LogP contribution in [0.1, 0.15) is 17.2 Å². The van der Waals surface area contributed by atoms with Crippen LogP contribution < -0.4 is 19.7 Å². The molecular weight excluding hydrogens is 515 g/mol. The van der Waals surface area contributed by atoms with Gasteiger partial charge in [-0.2, -0.15) is 0 Å². The van der Waals surface area contributed by atoms with Gasteiger partial charge in [-0.3, -0.25) is 9.59 Å². The van der Waals surface area contributed by atoms with Crippen LogP contribution >= 0.6 is 23.2 Å². The number of carbonyl (C=O) groups is 2. The summed E-state index contributed by atoms with van der Waals surface area (Å²) in [5.74, 6) is -0.108. The van der Waals surface area contributed by atoms with Gasteiger partial charge in [-0.05, 0) is 48.0 Å². The maximum absolute atomic E-state index is 13.7. The van der Waals surface area contributed by atoms with Gasteiger partial charge in [0.1, 0.15) is 6.54 Å². The number of anilines is 2. The van der Waals surface area contributed by atoms with Crippen molar-refractivity contribution in [2.24, 2.45) is 0 Å². The van der Waals surface area contributed by atoms with E-state index in [-0.39, 0.29) is 35.4 Å². The van der Waals surface area contributed by atoms with Crippen LogP contribution in [0.3, 0.4) is 0 Å². The van der Waals surface area contributed by atoms with Crippen molar-refractivity contribution in [2.75, 3.05) is 23.6 Å². The molecule has 0 spiro atoms. The summed E-state index contributed by atoms with van der Waals surface area (Å²) in [5, 5.41) is 2.10. The summed E-state index contributed by atoms with van der Waals surface area (Å²) in [6.45, 7) is -0.348. The topological polar surface area (TPSA) is 102 Å². The molecule has 1 unspecified atom stereocenters. The number of rotatable bonds is 4. The number of nitrogens with one attached hydrogen (secondary N) is 1. The van der Waals surface area contributed by atoms with E-state index >= 15 is 0 Å². The summed E-state index contributed by atoms with van der Waals surface area (Å²) < 4.78 is 38.1. The molecule has 2 aliphatic rings. The number of para-hydroxylation sites is 1. The van der Waals surface area contributed by atoms with Gasteiger partial charge in [0, 0.05) is 12.1 Å². The lowest BCUT2D eigenvalue weighted by Crippen LogP contribution is -2.38. The predicted molar refractivity (Wildman–Crippen MR) is 131 cm³/mol. The zero-order valence-electron chi connectivity index (χ0n) is 18.0. The van der Waals surface area contributed by atoms with Crippen LogP contribution in [0.5, 0.6) is 11.5 Å². The molecular formula is C24H18Cl2N2O6S. The molecule has 2 heterocycles. The number of amides is 2. The fourth-order valence-corrected chi connectivity index (χ4v) is 6.30. The van der Waals surface area contributed by atoms with Crippen LogP contribution in [0, 0.1) is 0 Å². The molecule has 0 saturated heterocycles. The third-order valence-electron chi connectivity index (χ3n) is 5.77. The second-order valence-corrected chi connectivity index (χ2v) is 10.9. The zero-order valence-corrected chi connectivity index (χ0v) is 20.4. The maximum Gasteiger partial charge on any atom is 0.244 e. The van der Waals surface area contributed by atoms with Crippen LogP contribution in [-0.2, 0) is 19.4 Å². The molecule has 5 rings (SSSR count). The number of benzene rings is 3. The van der Waals surface area contributed by atoms with E-state index in [0.29, 0.717) is 27.8 Å². The molecule has 0 saturated carbocycles. The first kappa shape index (κ1) is 23.5. The first-order valence-corrected chi connectivity index (χ1v) is 12.8. The van der Waals surface area contributed by atoms with Crippen molar-refractivity contribution in [1.29, 1.82) is 0 Å². The lowest BCUT2D eigenvalue weighted by atomic mass is 10.1. The van der Waals surface area contributed by atoms with E-state index < -0.39 is 26.9 Å². The van der Waals surface area contributed by atoms with Crippen LogP contribution in [0.4, 0.5) is 11.4 Å². The number of nitrogens with zero attached hydrogens (tertiary/aromatic N) is 1. The molecule has 1 N–H and O–H groups in total. The minimum atomic E-state index is -3.98. The predicted octanol–water partition coefficient (Wildman–Crippen LogP) is 4.61. The third-order valence-corrected chi connectivity index (χ3v) is 8.66. The van der Waals surface area contributed by atoms with Crippen LogP contribution in [-0.4, -0.2) is 33.6 Å². The van der Waals surface area contributed by atoms with E-state index in [1.807, 2.05) is 0 Å². The molecule has 180 valence electrons. The fraction of sp³-hybridized carbons (Fsp3) is 0.167. The van der Waals surface area contributed by atoms with Gasteiger partial charge < -0.3 is 19.7 Å². The second-order valence-electron chi connectivity index (χ2n) is 7.98. The lowest BCUT2D eigenvalue weighted by Gasteiger charge is -2.22. The highest BCUT2D eigenvalue weighted by atomic mass is 35.5. The van der Waals surface area contributed by atoms with E-state index in [4.69, 9.17) is 32.7 Å². The molecule has 2 aliphatic heterocycles. The van der Waals surface area contributed by atoms with Gasteiger partial charge in [-0.25, -0.2) is 8.42 Å². The Balaban J connectivity index is 1.48. The number of hydrogen-bond acceptors (Lipinski definition) is 6. The minimum absolute atomic E-state index is 0.0316. The highest BCUT2D eigenvalue weighted by Gasteiger charge is 2.40. The van der Waals surface area contributed by atoms with Crippen molar-refractivity contribution >= 4 is 56.2 Å². The highest BCUT2D eigenvalue weighted by molar-refractivity contribution is 7.92. The molecule has 1 atom stereocenters. The minimum Gasteiger partial charge on any atom is -0.454 e. The Hall–Kier alpha value is -3.27. The van der Waals surface area contributed by atoms with E-state index in [1.165, 1.54) is 29.2 Å². The maximum atomic E-state index is 13.7. The molecule has 8 nitrogen and oxygen atoms in total. The van der Waals surface area contributed by atoms with Gasteiger partial charge in [0.25, 0.3) is 0 Å². The van der Waals surface area contributed by atoms with Gasteiger partial charge in [0.15, 0.2) is 21.3 Å². The Morgan fingerprint density at radius 3 is 2.57 bits per heavy atom. The average molecular weight is 533 g/mol. The summed E-state index contributed by atoms with van der Waals surface area (Å²) in [7, 11) is -3.98. The summed E-state index contributed by atoms with van der Waals surface area (Å²) in [6, 6.07) is 15.6. The van der Waals surface area contributed by atoms with E-state index in [0.717, 1.165) is 0 Å². The lowest BCUT2D eigenvalue weighted by molar-refractivity contribution is -0.121. The second kappa shape index (κ2) is 9.07. The normalized spacial score (nSPS) is 18.1. The Bertz CT molecular complexity index is 1460. The SMILES string of the molecule is O=C(CN1C(=O)CC(c2ccc3c(c2)OCO3)S(=O)(=O)c2ccccc21)Nc1ccc(Cl)c(Cl)c1. The molecule has 0 fully saturated rings. The smallest absolute Gasteiger partial charge is 0.244 e. The van der Waals surface area contributed by atoms with Crippen molar-refractivity contribution < 1.29 is 27.5 Å². The Morgan fingerprint density at radius 1 is 1.00 bits per heavy atom. The van der Waals surface area contributed by atoms with Crippen molar-refractivity contribution in [3.05, 3.63) is 76.3 Å². The fourth-order valence-electron chi connectivity index (χ4n) is 4.09. The highest BCUT2D eigenvalue weighted by Crippen LogP contribution is 2.43. The summed E-state index contributed by atoms with van der Waals surface area (Å²) in [6.07, 6.45) is -0.350. The van der Waals surface area contributed by atoms with Crippen molar-refractivity contribution in [3.8, 4) is 11.5 Å². The molecule has 3 aromatic carbocycles. The van der Waals surface area contributed by atoms with E-state index in [9.17, 15) is 18.0 Å². The number of sulfone groups is 1. The first-order chi connectivity index (χ1) is 16.7. The van der Waals surface area contributed by atoms with Crippen LogP contribution in [0.2, 0.25) is 10.0 Å². The zero-order chi connectivity index (χ0) is 24.7. The van der Waals surface area contributed by atoms with Gasteiger partial charge in [-0.1, -0.05) is 41.4 Å². The molecule has 11 heteroatoms. The van der Waals surface area contributed by atoms with Gasteiger partial charge in [0.2, 0.25) is 18.6 Å². The molecule has 2 amide bonds. The molecule has 0 radical (unpaired) electrons. The number of hydrogen-bond donors (Lipinski definition) is 1. The Morgan fingerprint density at radius 2 is 1.77 bits per heavy atom. The number of carbonyl (C=O) groups excluding carboxylic acids is 2. The molecule has 0 aromatic heterocycles. The molecule has 0 aliphatic carbocycles. The number of ether oxygens (including phenoxy) is 2. The van der Waals surface area contributed by atoms with Crippen molar-refractivity contribution in [3.63, 3.8) is 0 Å². The van der Waals surface area contributed by atoms with Gasteiger partial charge >= 0.3 is 0 Å². The van der Waals surface area contributed by atoms with Gasteiger partial charge in [0.05, 0.1) is 25.9 Å². The Kier molecular flexibility index (Phi) is 6.08. The quantitative estimate of drug-likeness (QED) is 0.526. The molecule has 35 heavy (non-hydrogen) atoms. The van der Waals surface area contributed by atoms with Crippen molar-refractivity contribution in [2.45, 2.75) is 16.6 Å². The summed E-state index contributed by atoms with van der Waals surface area (Å²) in [5.41, 5.74) is 0.940. The third kappa shape index (κ3) is 4.42. The summed E-state index contributed by atoms with van der Waals surface area (Å²) >= 11 is 11.9. The van der Waals surface area contributed by atoms with Crippen LogP contribution in [0.15, 0.2) is 65.6 Å². The number of fused-ring (bicyclic) bond motifs is 2. The van der Waals surface area contributed by atoms with E-state index in [1.54, 1.807) is 36.4 Å². The standard InChI is InChI=1S/C24H18Cl2N2O6S/c25-16-7-6-15(10-17(16)26)27-23(29)12-28-18-3-1-2-4-21(18)35(31,32)22(11-24(28)30)14-5-8-19-20(9-14)34-13-33-19/h1-10,22H,11-13H2,(H,27,29).